The van der Waals surface area contributed by atoms with Crippen molar-refractivity contribution in [2.45, 2.75) is 59.1 Å². The van der Waals surface area contributed by atoms with Gasteiger partial charge in [-0.3, -0.25) is 0 Å². The first kappa shape index (κ1) is 15.9. The van der Waals surface area contributed by atoms with Gasteiger partial charge >= 0.3 is 0 Å². The van der Waals surface area contributed by atoms with E-state index in [4.69, 9.17) is 0 Å². The molecule has 0 bridgehead atoms. The third-order valence-electron chi connectivity index (χ3n) is 4.10. The van der Waals surface area contributed by atoms with Gasteiger partial charge in [-0.05, 0) is 51.6 Å². The van der Waals surface area contributed by atoms with E-state index < -0.39 is 5.60 Å². The molecular formula is C15H32N2O. The second-order valence-corrected chi connectivity index (χ2v) is 7.33. The molecule has 0 radical (unpaired) electrons. The van der Waals surface area contributed by atoms with Crippen LogP contribution in [0.1, 0.15) is 47.5 Å². The molecule has 2 unspecified atom stereocenters. The van der Waals surface area contributed by atoms with Crippen LogP contribution in [0.5, 0.6) is 0 Å². The summed E-state index contributed by atoms with van der Waals surface area (Å²) in [7, 11) is 2.12. The minimum atomic E-state index is -0.601. The van der Waals surface area contributed by atoms with E-state index in [-0.39, 0.29) is 0 Å². The molecule has 0 aromatic rings. The lowest BCUT2D eigenvalue weighted by Gasteiger charge is -2.34. The van der Waals surface area contributed by atoms with Crippen molar-refractivity contribution in [1.82, 2.24) is 10.2 Å². The standard InChI is InChI=1S/C15H32N2O/c1-7-16-13-12(8-9-14(13,2)3)10-17(6)11-15(4,5)18/h12-13,16,18H,7-11H2,1-6H3. The van der Waals surface area contributed by atoms with Crippen molar-refractivity contribution in [3.8, 4) is 0 Å². The van der Waals surface area contributed by atoms with Crippen molar-refractivity contribution in [2.24, 2.45) is 11.3 Å². The maximum Gasteiger partial charge on any atom is 0.0718 e. The van der Waals surface area contributed by atoms with Gasteiger partial charge in [-0.15, -0.1) is 0 Å². The van der Waals surface area contributed by atoms with Crippen LogP contribution in [0, 0.1) is 11.3 Å². The number of hydrogen-bond acceptors (Lipinski definition) is 3. The van der Waals surface area contributed by atoms with Crippen molar-refractivity contribution in [2.75, 3.05) is 26.7 Å². The lowest BCUT2D eigenvalue weighted by atomic mass is 9.84. The van der Waals surface area contributed by atoms with Crippen molar-refractivity contribution in [3.63, 3.8) is 0 Å². The molecule has 3 nitrogen and oxygen atoms in total. The SMILES string of the molecule is CCNC1C(CN(C)CC(C)(C)O)CCC1(C)C. The zero-order chi connectivity index (χ0) is 14.0. The summed E-state index contributed by atoms with van der Waals surface area (Å²) < 4.78 is 0. The Kier molecular flexibility index (Phi) is 5.22. The first-order chi connectivity index (χ1) is 8.15. The van der Waals surface area contributed by atoms with Crippen LogP contribution < -0.4 is 5.32 Å². The molecule has 0 amide bonds. The third-order valence-corrected chi connectivity index (χ3v) is 4.10. The Labute approximate surface area is 113 Å². The van der Waals surface area contributed by atoms with E-state index in [9.17, 15) is 5.11 Å². The van der Waals surface area contributed by atoms with Crippen LogP contribution in [0.15, 0.2) is 0 Å². The molecule has 1 rings (SSSR count). The van der Waals surface area contributed by atoms with E-state index in [1.807, 2.05) is 13.8 Å². The summed E-state index contributed by atoms with van der Waals surface area (Å²) in [6.45, 7) is 13.5. The molecule has 0 saturated heterocycles. The van der Waals surface area contributed by atoms with E-state index in [2.05, 4.69) is 38.0 Å². The molecule has 2 N–H and O–H groups in total. The number of likely N-dealkylation sites (N-methyl/N-ethyl adjacent to an activating group) is 1. The molecule has 0 heterocycles. The number of nitrogens with zero attached hydrogens (tertiary/aromatic N) is 1. The van der Waals surface area contributed by atoms with Crippen molar-refractivity contribution < 1.29 is 5.11 Å². The van der Waals surface area contributed by atoms with Gasteiger partial charge in [0, 0.05) is 19.1 Å². The zero-order valence-corrected chi connectivity index (χ0v) is 13.1. The van der Waals surface area contributed by atoms with Crippen LogP contribution >= 0.6 is 0 Å². The second kappa shape index (κ2) is 5.89. The fraction of sp³-hybridized carbons (Fsp3) is 1.00. The summed E-state index contributed by atoms with van der Waals surface area (Å²) in [5, 5.41) is 13.5. The van der Waals surface area contributed by atoms with Crippen LogP contribution in [-0.2, 0) is 0 Å². The summed E-state index contributed by atoms with van der Waals surface area (Å²) >= 11 is 0. The molecule has 1 fully saturated rings. The Morgan fingerprint density at radius 1 is 1.39 bits per heavy atom. The minimum Gasteiger partial charge on any atom is -0.389 e. The van der Waals surface area contributed by atoms with Gasteiger partial charge in [-0.2, -0.15) is 0 Å². The Hall–Kier alpha value is -0.120. The number of hydrogen-bond donors (Lipinski definition) is 2. The first-order valence-electron chi connectivity index (χ1n) is 7.30. The smallest absolute Gasteiger partial charge is 0.0718 e. The average molecular weight is 256 g/mol. The van der Waals surface area contributed by atoms with Crippen LogP contribution in [0.4, 0.5) is 0 Å². The van der Waals surface area contributed by atoms with Crippen molar-refractivity contribution in [3.05, 3.63) is 0 Å². The molecule has 0 aromatic carbocycles. The maximum absolute atomic E-state index is 9.88. The van der Waals surface area contributed by atoms with Gasteiger partial charge in [0.25, 0.3) is 0 Å². The Bertz CT molecular complexity index is 258. The fourth-order valence-corrected chi connectivity index (χ4v) is 3.50. The van der Waals surface area contributed by atoms with Gasteiger partial charge in [-0.1, -0.05) is 20.8 Å². The highest BCUT2D eigenvalue weighted by Crippen LogP contribution is 2.41. The Balaban J connectivity index is 2.55. The van der Waals surface area contributed by atoms with Crippen LogP contribution in [0.2, 0.25) is 0 Å². The minimum absolute atomic E-state index is 0.399. The normalized spacial score (nSPS) is 28.0. The molecule has 3 heteroatoms. The molecule has 0 spiro atoms. The van der Waals surface area contributed by atoms with Crippen LogP contribution in [0.25, 0.3) is 0 Å². The summed E-state index contributed by atoms with van der Waals surface area (Å²) in [6.07, 6.45) is 2.59. The van der Waals surface area contributed by atoms with Crippen LogP contribution in [-0.4, -0.2) is 48.3 Å². The molecule has 1 aliphatic carbocycles. The highest BCUT2D eigenvalue weighted by atomic mass is 16.3. The van der Waals surface area contributed by atoms with E-state index in [1.165, 1.54) is 12.8 Å². The predicted octanol–water partition coefficient (Wildman–Crippen LogP) is 2.10. The molecule has 0 aliphatic heterocycles. The molecule has 108 valence electrons. The van der Waals surface area contributed by atoms with E-state index in [0.29, 0.717) is 17.4 Å². The summed E-state index contributed by atoms with van der Waals surface area (Å²) in [4.78, 5) is 2.27. The van der Waals surface area contributed by atoms with Crippen LogP contribution in [0.3, 0.4) is 0 Å². The zero-order valence-electron chi connectivity index (χ0n) is 13.1. The van der Waals surface area contributed by atoms with Crippen molar-refractivity contribution in [1.29, 1.82) is 0 Å². The molecule has 1 saturated carbocycles. The van der Waals surface area contributed by atoms with E-state index >= 15 is 0 Å². The number of rotatable bonds is 6. The number of nitrogens with one attached hydrogen (secondary N) is 1. The predicted molar refractivity (Wildman–Crippen MR) is 77.8 cm³/mol. The largest absolute Gasteiger partial charge is 0.389 e. The monoisotopic (exact) mass is 256 g/mol. The molecule has 0 aromatic heterocycles. The molecular weight excluding hydrogens is 224 g/mol. The quantitative estimate of drug-likeness (QED) is 0.764. The first-order valence-corrected chi connectivity index (χ1v) is 7.30. The molecule has 2 atom stereocenters. The summed E-state index contributed by atoms with van der Waals surface area (Å²) in [5.74, 6) is 0.701. The lowest BCUT2D eigenvalue weighted by Crippen LogP contribution is -2.46. The van der Waals surface area contributed by atoms with Gasteiger partial charge in [0.05, 0.1) is 5.60 Å². The van der Waals surface area contributed by atoms with Gasteiger partial charge in [-0.25, -0.2) is 0 Å². The highest BCUT2D eigenvalue weighted by Gasteiger charge is 2.41. The highest BCUT2D eigenvalue weighted by molar-refractivity contribution is 4.97. The maximum atomic E-state index is 9.88. The molecule has 18 heavy (non-hydrogen) atoms. The van der Waals surface area contributed by atoms with Gasteiger partial charge < -0.3 is 15.3 Å². The third kappa shape index (κ3) is 4.52. The average Bonchev–Trinajstić information content (AvgIpc) is 2.42. The van der Waals surface area contributed by atoms with Crippen molar-refractivity contribution >= 4 is 0 Å². The van der Waals surface area contributed by atoms with E-state index in [0.717, 1.165) is 19.6 Å². The summed E-state index contributed by atoms with van der Waals surface area (Å²) in [6, 6.07) is 0.603. The Morgan fingerprint density at radius 2 is 2.00 bits per heavy atom. The summed E-state index contributed by atoms with van der Waals surface area (Å²) in [5.41, 5.74) is -0.202. The molecule has 1 aliphatic rings. The number of aliphatic hydroxyl groups is 1. The lowest BCUT2D eigenvalue weighted by molar-refractivity contribution is 0.0382. The van der Waals surface area contributed by atoms with Gasteiger partial charge in [0.15, 0.2) is 0 Å². The topological polar surface area (TPSA) is 35.5 Å². The van der Waals surface area contributed by atoms with Gasteiger partial charge in [0.1, 0.15) is 0 Å². The Morgan fingerprint density at radius 3 is 2.50 bits per heavy atom. The van der Waals surface area contributed by atoms with Gasteiger partial charge in [0.2, 0.25) is 0 Å². The second-order valence-electron chi connectivity index (χ2n) is 7.33. The fourth-order valence-electron chi connectivity index (χ4n) is 3.50. The van der Waals surface area contributed by atoms with E-state index in [1.54, 1.807) is 0 Å².